The molecule has 0 amide bonds. The first-order valence-electron chi connectivity index (χ1n) is 10.0. The van der Waals surface area contributed by atoms with Crippen molar-refractivity contribution in [3.8, 4) is 28.7 Å². The van der Waals surface area contributed by atoms with Crippen LogP contribution in [0.15, 0.2) is 30.3 Å². The summed E-state index contributed by atoms with van der Waals surface area (Å²) in [5, 5.41) is 0.779. The second-order valence-corrected chi connectivity index (χ2v) is 10.2. The minimum absolute atomic E-state index is 0. The van der Waals surface area contributed by atoms with Crippen LogP contribution in [-0.4, -0.2) is 38.1 Å². The van der Waals surface area contributed by atoms with E-state index in [2.05, 4.69) is 0 Å². The number of hydrogen-bond donors (Lipinski definition) is 0. The van der Waals surface area contributed by atoms with E-state index in [9.17, 15) is 4.79 Å². The molecular weight excluding hydrogens is 422 g/mol. The maximum absolute atomic E-state index is 13.3. The van der Waals surface area contributed by atoms with Crippen molar-refractivity contribution in [2.45, 2.75) is 52.7 Å². The Labute approximate surface area is 206 Å². The summed E-state index contributed by atoms with van der Waals surface area (Å²) in [5.41, 5.74) is -0.527. The maximum atomic E-state index is 13.3. The first-order chi connectivity index (χ1) is 14.4. The van der Waals surface area contributed by atoms with Crippen LogP contribution in [0.25, 0.3) is 0 Å². The van der Waals surface area contributed by atoms with Crippen molar-refractivity contribution < 1.29 is 48.8 Å². The van der Waals surface area contributed by atoms with Gasteiger partial charge in [-0.3, -0.25) is 4.79 Å². The number of benzene rings is 2. The molecule has 0 heterocycles. The minimum Gasteiger partial charge on any atom is -1.00 e. The van der Waals surface area contributed by atoms with Gasteiger partial charge in [-0.25, -0.2) is 0 Å². The van der Waals surface area contributed by atoms with Gasteiger partial charge in [-0.2, -0.15) is 0 Å². The Balaban J connectivity index is 0.00000512. The van der Waals surface area contributed by atoms with Crippen molar-refractivity contribution in [2.24, 2.45) is 0 Å². The van der Waals surface area contributed by atoms with Gasteiger partial charge in [0.2, 0.25) is 0 Å². The molecule has 0 aliphatic carbocycles. The molecule has 32 heavy (non-hydrogen) atoms. The van der Waals surface area contributed by atoms with E-state index < -0.39 is 5.60 Å². The predicted molar refractivity (Wildman–Crippen MR) is 127 cm³/mol. The Bertz CT molecular complexity index is 913. The molecule has 1 atom stereocenters. The zero-order valence-corrected chi connectivity index (χ0v) is 21.8. The van der Waals surface area contributed by atoms with Gasteiger partial charge < -0.3 is 25.1 Å². The molecule has 2 rings (SSSR count). The number of ether oxygens (including phenoxy) is 5. The van der Waals surface area contributed by atoms with Crippen LogP contribution in [-0.2, 0) is 0 Å². The Morgan fingerprint density at radius 3 is 1.69 bits per heavy atom. The van der Waals surface area contributed by atoms with Crippen LogP contribution in [0.5, 0.6) is 28.7 Å². The Morgan fingerprint density at radius 1 is 0.750 bits per heavy atom. The third-order valence-corrected chi connectivity index (χ3v) is 5.14. The van der Waals surface area contributed by atoms with E-state index in [0.29, 0.717) is 34.3 Å². The third kappa shape index (κ3) is 7.92. The summed E-state index contributed by atoms with van der Waals surface area (Å²) in [5.74, 6) is 2.66. The number of methoxy groups -OCH3 is 3. The molecule has 0 N–H and O–H groups in total. The normalized spacial score (nSPS) is 11.7. The molecule has 8 heteroatoms. The SMILES string of the molecule is COc1cc(OC)c(C(=O)Pc2ccc(OC(C)(C)C)cc2OC(C)(C)C)c(OC)c1.[H-].[Li+]. The summed E-state index contributed by atoms with van der Waals surface area (Å²) in [4.78, 5) is 13.3. The predicted octanol–water partition coefficient (Wildman–Crippen LogP) is 2.33. The molecule has 2 aromatic carbocycles. The van der Waals surface area contributed by atoms with Gasteiger partial charge >= 0.3 is 18.9 Å². The molecule has 2 aromatic rings. The van der Waals surface area contributed by atoms with E-state index in [1.807, 2.05) is 59.7 Å². The summed E-state index contributed by atoms with van der Waals surface area (Å²) in [7, 11) is 4.38. The number of hydrogen-bond acceptors (Lipinski definition) is 6. The summed E-state index contributed by atoms with van der Waals surface area (Å²) in [6, 6.07) is 8.93. The monoisotopic (exact) mass is 456 g/mol. The van der Waals surface area contributed by atoms with E-state index in [1.165, 1.54) is 14.2 Å². The van der Waals surface area contributed by atoms with Crippen LogP contribution in [0.3, 0.4) is 0 Å². The van der Waals surface area contributed by atoms with Gasteiger partial charge in [-0.05, 0) is 62.3 Å². The Morgan fingerprint density at radius 2 is 1.25 bits per heavy atom. The van der Waals surface area contributed by atoms with Gasteiger partial charge in [-0.15, -0.1) is 0 Å². The summed E-state index contributed by atoms with van der Waals surface area (Å²) in [6.45, 7) is 11.9. The molecule has 0 aliphatic rings. The van der Waals surface area contributed by atoms with Crippen molar-refractivity contribution in [3.05, 3.63) is 35.9 Å². The molecule has 0 fully saturated rings. The van der Waals surface area contributed by atoms with Gasteiger partial charge in [0.05, 0.1) is 21.3 Å². The number of carbonyl (C=O) groups is 1. The molecule has 0 saturated carbocycles. The second-order valence-electron chi connectivity index (χ2n) is 8.95. The number of carbonyl (C=O) groups excluding carboxylic acids is 1. The molecule has 0 aromatic heterocycles. The van der Waals surface area contributed by atoms with Crippen LogP contribution >= 0.6 is 8.58 Å². The first-order valence-corrected chi connectivity index (χ1v) is 11.0. The average molecular weight is 456 g/mol. The van der Waals surface area contributed by atoms with Gasteiger partial charge in [0.25, 0.3) is 0 Å². The molecule has 0 aliphatic heterocycles. The second kappa shape index (κ2) is 11.3. The molecule has 1 unspecified atom stereocenters. The van der Waals surface area contributed by atoms with Crippen LogP contribution in [0, 0.1) is 0 Å². The molecule has 0 saturated heterocycles. The van der Waals surface area contributed by atoms with Crippen LogP contribution in [0.1, 0.15) is 53.3 Å². The molecule has 6 nitrogen and oxygen atoms in total. The third-order valence-electron chi connectivity index (χ3n) is 3.98. The van der Waals surface area contributed by atoms with Gasteiger partial charge in [0, 0.05) is 23.5 Å². The van der Waals surface area contributed by atoms with Crippen LogP contribution in [0.2, 0.25) is 0 Å². The first kappa shape index (κ1) is 28.2. The van der Waals surface area contributed by atoms with E-state index in [0.717, 1.165) is 5.30 Å². The topological polar surface area (TPSA) is 63.2 Å². The molecule has 172 valence electrons. The van der Waals surface area contributed by atoms with Gasteiger partial charge in [0.1, 0.15) is 45.5 Å². The zero-order chi connectivity index (χ0) is 23.4. The Kier molecular flexibility index (Phi) is 9.97. The summed E-state index contributed by atoms with van der Waals surface area (Å²) >= 11 is 0. The zero-order valence-electron chi connectivity index (χ0n) is 21.8. The number of rotatable bonds is 8. The van der Waals surface area contributed by atoms with Crippen molar-refractivity contribution in [1.82, 2.24) is 0 Å². The van der Waals surface area contributed by atoms with Crippen molar-refractivity contribution >= 4 is 19.4 Å². The fourth-order valence-electron chi connectivity index (χ4n) is 2.85. The molecule has 0 radical (unpaired) electrons. The van der Waals surface area contributed by atoms with Crippen molar-refractivity contribution in [1.29, 1.82) is 0 Å². The van der Waals surface area contributed by atoms with E-state index in [1.54, 1.807) is 19.2 Å². The fraction of sp³-hybridized carbons (Fsp3) is 0.458. The molecule has 0 bridgehead atoms. The minimum atomic E-state index is -0.432. The molecule has 0 spiro atoms. The van der Waals surface area contributed by atoms with Crippen LogP contribution in [0.4, 0.5) is 0 Å². The fourth-order valence-corrected chi connectivity index (χ4v) is 3.88. The quantitative estimate of drug-likeness (QED) is 0.449. The average Bonchev–Trinajstić information content (AvgIpc) is 2.66. The molecular formula is C24H34LiO6P. The summed E-state index contributed by atoms with van der Waals surface area (Å²) < 4.78 is 28.3. The van der Waals surface area contributed by atoms with Crippen LogP contribution < -0.4 is 47.8 Å². The largest absolute Gasteiger partial charge is 1.00 e. The Hall–Kier alpha value is -1.86. The van der Waals surface area contributed by atoms with Gasteiger partial charge in [0.15, 0.2) is 5.52 Å². The maximum Gasteiger partial charge on any atom is 1.00 e. The summed E-state index contributed by atoms with van der Waals surface area (Å²) in [6.07, 6.45) is 0. The van der Waals surface area contributed by atoms with E-state index in [-0.39, 0.29) is 40.0 Å². The van der Waals surface area contributed by atoms with E-state index in [4.69, 9.17) is 23.7 Å². The van der Waals surface area contributed by atoms with E-state index >= 15 is 0 Å². The smallest absolute Gasteiger partial charge is 1.00 e. The van der Waals surface area contributed by atoms with Crippen molar-refractivity contribution in [3.63, 3.8) is 0 Å². The van der Waals surface area contributed by atoms with Gasteiger partial charge in [-0.1, -0.05) is 0 Å². The standard InChI is InChI=1S/C24H33O6P.Li.H/c1-23(2,3)29-15-10-11-20(17(12-15)30-24(4,5)6)31-22(25)21-18(27-8)13-16(26-7)14-19(21)28-9;;/h10-14,31H,1-9H3;;/q;+1;-1. The van der Waals surface area contributed by atoms with Crippen molar-refractivity contribution in [2.75, 3.05) is 21.3 Å².